The number of aromatic hydroxyl groups is 1. The lowest BCUT2D eigenvalue weighted by Crippen LogP contribution is -2.17. The maximum absolute atomic E-state index is 11.9. The Kier molecular flexibility index (Phi) is 6.18. The van der Waals surface area contributed by atoms with Gasteiger partial charge in [0.2, 0.25) is 0 Å². The Morgan fingerprint density at radius 2 is 1.87 bits per heavy atom. The summed E-state index contributed by atoms with van der Waals surface area (Å²) >= 11 is 6.87. The first-order chi connectivity index (χ1) is 11.0. The van der Waals surface area contributed by atoms with Crippen LogP contribution in [-0.4, -0.2) is 23.8 Å². The van der Waals surface area contributed by atoms with Gasteiger partial charge in [-0.05, 0) is 80.7 Å². The van der Waals surface area contributed by atoms with E-state index in [1.165, 1.54) is 30.5 Å². The van der Waals surface area contributed by atoms with Gasteiger partial charge in [0, 0.05) is 5.56 Å². The summed E-state index contributed by atoms with van der Waals surface area (Å²) in [4.78, 5) is 11.9. The molecule has 1 amide bonds. The number of phenolic OH excluding ortho intramolecular Hbond substituents is 1. The number of hydrogen-bond acceptors (Lipinski definition) is 4. The van der Waals surface area contributed by atoms with E-state index >= 15 is 0 Å². The minimum Gasteiger partial charge on any atom is -0.508 e. The van der Waals surface area contributed by atoms with Crippen LogP contribution in [0.15, 0.2) is 50.4 Å². The predicted octanol–water partition coefficient (Wildman–Crippen LogP) is 4.08. The van der Waals surface area contributed by atoms with Gasteiger partial charge in [-0.25, -0.2) is 5.43 Å². The molecule has 0 aliphatic heterocycles. The van der Waals surface area contributed by atoms with E-state index in [0.717, 1.165) is 20.3 Å². The highest BCUT2D eigenvalue weighted by Crippen LogP contribution is 2.34. The molecule has 0 aliphatic rings. The molecule has 0 radical (unpaired) electrons. The van der Waals surface area contributed by atoms with Crippen molar-refractivity contribution in [1.82, 2.24) is 5.43 Å². The van der Waals surface area contributed by atoms with Crippen molar-refractivity contribution >= 4 is 44.0 Å². The van der Waals surface area contributed by atoms with Crippen molar-refractivity contribution in [1.29, 1.82) is 0 Å². The van der Waals surface area contributed by atoms with Crippen LogP contribution in [0.3, 0.4) is 0 Å². The third-order valence-corrected chi connectivity index (χ3v) is 4.00. The summed E-state index contributed by atoms with van der Waals surface area (Å²) in [6, 6.07) is 9.60. The van der Waals surface area contributed by atoms with Gasteiger partial charge in [0.25, 0.3) is 5.91 Å². The SMILES string of the molecule is CCOc1c(Br)cc(/C=N\NC(=O)c2ccc(O)cc2)cc1Br. The molecule has 0 bridgehead atoms. The normalized spacial score (nSPS) is 10.7. The second kappa shape index (κ2) is 8.12. The van der Waals surface area contributed by atoms with E-state index in [2.05, 4.69) is 42.4 Å². The van der Waals surface area contributed by atoms with Crippen molar-refractivity contribution in [2.45, 2.75) is 6.92 Å². The van der Waals surface area contributed by atoms with Crippen LogP contribution < -0.4 is 10.2 Å². The van der Waals surface area contributed by atoms with Gasteiger partial charge in [0.1, 0.15) is 11.5 Å². The fourth-order valence-corrected chi connectivity index (χ4v) is 3.23. The molecule has 0 fully saturated rings. The van der Waals surface area contributed by atoms with Gasteiger partial charge in [0.15, 0.2) is 0 Å². The maximum Gasteiger partial charge on any atom is 0.271 e. The molecule has 0 saturated carbocycles. The smallest absolute Gasteiger partial charge is 0.271 e. The van der Waals surface area contributed by atoms with E-state index < -0.39 is 0 Å². The number of nitrogens with zero attached hydrogens (tertiary/aromatic N) is 1. The molecule has 0 spiro atoms. The van der Waals surface area contributed by atoms with Crippen LogP contribution in [0.4, 0.5) is 0 Å². The van der Waals surface area contributed by atoms with E-state index in [1.54, 1.807) is 0 Å². The maximum atomic E-state index is 11.9. The molecule has 0 atom stereocenters. The van der Waals surface area contributed by atoms with Crippen LogP contribution in [0.25, 0.3) is 0 Å². The Balaban J connectivity index is 2.05. The molecule has 2 N–H and O–H groups in total. The second-order valence-corrected chi connectivity index (χ2v) is 6.20. The highest BCUT2D eigenvalue weighted by Gasteiger charge is 2.08. The first-order valence-electron chi connectivity index (χ1n) is 6.75. The molecule has 0 saturated heterocycles. The zero-order valence-electron chi connectivity index (χ0n) is 12.2. The number of amides is 1. The van der Waals surface area contributed by atoms with Gasteiger partial charge in [-0.3, -0.25) is 4.79 Å². The number of halogens is 2. The molecule has 7 heteroatoms. The van der Waals surface area contributed by atoms with Crippen molar-refractivity contribution in [2.24, 2.45) is 5.10 Å². The zero-order chi connectivity index (χ0) is 16.8. The lowest BCUT2D eigenvalue weighted by atomic mass is 10.2. The largest absolute Gasteiger partial charge is 0.508 e. The third-order valence-electron chi connectivity index (χ3n) is 2.82. The van der Waals surface area contributed by atoms with Gasteiger partial charge in [0.05, 0.1) is 21.8 Å². The average molecular weight is 442 g/mol. The number of rotatable bonds is 5. The Morgan fingerprint density at radius 3 is 2.43 bits per heavy atom. The summed E-state index contributed by atoms with van der Waals surface area (Å²) in [5.41, 5.74) is 3.63. The van der Waals surface area contributed by atoms with Crippen LogP contribution in [0.1, 0.15) is 22.8 Å². The molecule has 2 aromatic carbocycles. The van der Waals surface area contributed by atoms with Crippen LogP contribution in [0, 0.1) is 0 Å². The number of hydrogen-bond donors (Lipinski definition) is 2. The quantitative estimate of drug-likeness (QED) is 0.542. The summed E-state index contributed by atoms with van der Waals surface area (Å²) in [5, 5.41) is 13.1. The number of nitrogens with one attached hydrogen (secondary N) is 1. The fraction of sp³-hybridized carbons (Fsp3) is 0.125. The molecular formula is C16H14Br2N2O3. The Morgan fingerprint density at radius 1 is 1.26 bits per heavy atom. The summed E-state index contributed by atoms with van der Waals surface area (Å²) in [6.07, 6.45) is 1.53. The average Bonchev–Trinajstić information content (AvgIpc) is 2.51. The summed E-state index contributed by atoms with van der Waals surface area (Å²) in [5.74, 6) is 0.470. The van der Waals surface area contributed by atoms with E-state index in [4.69, 9.17) is 4.74 Å². The van der Waals surface area contributed by atoms with Gasteiger partial charge in [-0.15, -0.1) is 0 Å². The highest BCUT2D eigenvalue weighted by molar-refractivity contribution is 9.11. The molecule has 2 rings (SSSR count). The van der Waals surface area contributed by atoms with Gasteiger partial charge < -0.3 is 9.84 Å². The molecule has 0 aliphatic carbocycles. The monoisotopic (exact) mass is 440 g/mol. The van der Waals surface area contributed by atoms with E-state index in [0.29, 0.717) is 12.2 Å². The van der Waals surface area contributed by atoms with Crippen molar-refractivity contribution < 1.29 is 14.6 Å². The summed E-state index contributed by atoms with van der Waals surface area (Å²) in [6.45, 7) is 2.47. The molecule has 23 heavy (non-hydrogen) atoms. The van der Waals surface area contributed by atoms with Crippen molar-refractivity contribution in [2.75, 3.05) is 6.61 Å². The van der Waals surface area contributed by atoms with Crippen LogP contribution in [-0.2, 0) is 0 Å². The lowest BCUT2D eigenvalue weighted by Gasteiger charge is -2.09. The topological polar surface area (TPSA) is 70.9 Å². The van der Waals surface area contributed by atoms with Crippen LogP contribution >= 0.6 is 31.9 Å². The molecule has 5 nitrogen and oxygen atoms in total. The fourth-order valence-electron chi connectivity index (χ4n) is 1.78. The van der Waals surface area contributed by atoms with E-state index in [-0.39, 0.29) is 11.7 Å². The standard InChI is InChI=1S/C16H14Br2N2O3/c1-2-23-15-13(17)7-10(8-14(15)18)9-19-20-16(22)11-3-5-12(21)6-4-11/h3-9,21H,2H2,1H3,(H,20,22)/b19-9-. The third kappa shape index (κ3) is 4.80. The first-order valence-corrected chi connectivity index (χ1v) is 8.34. The number of benzene rings is 2. The summed E-state index contributed by atoms with van der Waals surface area (Å²) < 4.78 is 7.09. The lowest BCUT2D eigenvalue weighted by molar-refractivity contribution is 0.0955. The number of carbonyl (C=O) groups is 1. The van der Waals surface area contributed by atoms with Gasteiger partial charge in [-0.1, -0.05) is 0 Å². The van der Waals surface area contributed by atoms with Crippen LogP contribution in [0.2, 0.25) is 0 Å². The Hall–Kier alpha value is -1.86. The first kappa shape index (κ1) is 17.5. The zero-order valence-corrected chi connectivity index (χ0v) is 15.4. The van der Waals surface area contributed by atoms with E-state index in [1.807, 2.05) is 19.1 Å². The molecule has 0 aromatic heterocycles. The predicted molar refractivity (Wildman–Crippen MR) is 96.2 cm³/mol. The van der Waals surface area contributed by atoms with Gasteiger partial charge >= 0.3 is 0 Å². The minimum atomic E-state index is -0.356. The number of hydrazone groups is 1. The Labute approximate surface area is 150 Å². The van der Waals surface area contributed by atoms with Crippen molar-refractivity contribution in [3.05, 3.63) is 56.5 Å². The molecule has 2 aromatic rings. The second-order valence-electron chi connectivity index (χ2n) is 4.49. The highest BCUT2D eigenvalue weighted by atomic mass is 79.9. The van der Waals surface area contributed by atoms with Crippen LogP contribution in [0.5, 0.6) is 11.5 Å². The van der Waals surface area contributed by atoms with Gasteiger partial charge in [-0.2, -0.15) is 5.10 Å². The van der Waals surface area contributed by atoms with Crippen molar-refractivity contribution in [3.8, 4) is 11.5 Å². The number of phenols is 1. The number of ether oxygens (including phenoxy) is 1. The van der Waals surface area contributed by atoms with Crippen molar-refractivity contribution in [3.63, 3.8) is 0 Å². The van der Waals surface area contributed by atoms with E-state index in [9.17, 15) is 9.90 Å². The Bertz CT molecular complexity index is 708. The molecule has 0 unspecified atom stereocenters. The number of carbonyl (C=O) groups excluding carboxylic acids is 1. The molecule has 120 valence electrons. The minimum absolute atomic E-state index is 0.106. The molecule has 0 heterocycles. The molecular weight excluding hydrogens is 428 g/mol. The summed E-state index contributed by atoms with van der Waals surface area (Å²) in [7, 11) is 0.